The molecule has 0 unspecified atom stereocenters. The van der Waals surface area contributed by atoms with Gasteiger partial charge in [0.25, 0.3) is 0 Å². The van der Waals surface area contributed by atoms with Crippen molar-refractivity contribution in [3.05, 3.63) is 30.1 Å². The van der Waals surface area contributed by atoms with E-state index in [4.69, 9.17) is 0 Å². The summed E-state index contributed by atoms with van der Waals surface area (Å²) in [5, 5.41) is 2.07. The second-order valence-electron chi connectivity index (χ2n) is 2.35. The van der Waals surface area contributed by atoms with Crippen LogP contribution in [-0.4, -0.2) is 9.97 Å². The van der Waals surface area contributed by atoms with Crippen LogP contribution in [0, 0.1) is 0 Å². The predicted octanol–water partition coefficient (Wildman–Crippen LogP) is 2.46. The van der Waals surface area contributed by atoms with Gasteiger partial charge < -0.3 is 4.98 Å². The molecule has 0 aliphatic heterocycles. The molecular weight excluding hydrogens is 204 g/mol. The lowest BCUT2D eigenvalue weighted by Gasteiger charge is -1.89. The zero-order valence-corrected chi connectivity index (χ0v) is 7.43. The molecule has 0 bridgehead atoms. The van der Waals surface area contributed by atoms with Crippen LogP contribution in [0.15, 0.2) is 24.5 Å². The smallest absolute Gasteiger partial charge is 0.137 e. The van der Waals surface area contributed by atoms with E-state index in [-0.39, 0.29) is 0 Å². The fraction of sp³-hybridized carbons (Fsp3) is 0.125. The second kappa shape index (κ2) is 2.66. The zero-order valence-electron chi connectivity index (χ0n) is 5.84. The zero-order chi connectivity index (χ0) is 7.68. The number of fused-ring (bicyclic) bond motifs is 1. The molecule has 0 fully saturated rings. The number of aromatic nitrogens is 2. The van der Waals surface area contributed by atoms with Gasteiger partial charge in [-0.2, -0.15) is 0 Å². The molecule has 2 nitrogen and oxygen atoms in total. The first-order valence-corrected chi connectivity index (χ1v) is 4.51. The van der Waals surface area contributed by atoms with Crippen LogP contribution in [0.4, 0.5) is 0 Å². The average Bonchev–Trinajstić information content (AvgIpc) is 2.47. The van der Waals surface area contributed by atoms with Gasteiger partial charge in [-0.3, -0.25) is 0 Å². The number of nitrogens with one attached hydrogen (secondary N) is 1. The third-order valence-electron chi connectivity index (χ3n) is 1.68. The molecule has 0 aliphatic rings. The van der Waals surface area contributed by atoms with Gasteiger partial charge in [0.1, 0.15) is 5.65 Å². The van der Waals surface area contributed by atoms with Gasteiger partial charge in [-0.05, 0) is 17.7 Å². The fourth-order valence-electron chi connectivity index (χ4n) is 1.12. The van der Waals surface area contributed by atoms with E-state index in [9.17, 15) is 0 Å². The minimum absolute atomic E-state index is 0.874. The Hall–Kier alpha value is -0.830. The standard InChI is InChI=1S/C8H7BrN2/c9-4-6-5-11-8-7(6)2-1-3-10-8/h1-3,5H,4H2,(H,10,11). The molecule has 0 spiro atoms. The first-order chi connectivity index (χ1) is 5.42. The quantitative estimate of drug-likeness (QED) is 0.721. The van der Waals surface area contributed by atoms with E-state index in [2.05, 4.69) is 32.0 Å². The molecule has 56 valence electrons. The van der Waals surface area contributed by atoms with Crippen LogP contribution in [0.1, 0.15) is 5.56 Å². The summed E-state index contributed by atoms with van der Waals surface area (Å²) < 4.78 is 0. The Morgan fingerprint density at radius 2 is 2.45 bits per heavy atom. The van der Waals surface area contributed by atoms with Crippen molar-refractivity contribution in [2.75, 3.05) is 0 Å². The van der Waals surface area contributed by atoms with E-state index in [1.807, 2.05) is 12.3 Å². The lowest BCUT2D eigenvalue weighted by Crippen LogP contribution is -1.74. The molecule has 0 radical (unpaired) electrons. The van der Waals surface area contributed by atoms with Crippen molar-refractivity contribution in [1.29, 1.82) is 0 Å². The third-order valence-corrected chi connectivity index (χ3v) is 2.28. The number of aromatic amines is 1. The van der Waals surface area contributed by atoms with Gasteiger partial charge in [-0.1, -0.05) is 15.9 Å². The van der Waals surface area contributed by atoms with Crippen molar-refractivity contribution in [2.24, 2.45) is 0 Å². The van der Waals surface area contributed by atoms with Crippen LogP contribution in [0.25, 0.3) is 11.0 Å². The lowest BCUT2D eigenvalue weighted by molar-refractivity contribution is 1.32. The molecule has 0 aliphatic carbocycles. The molecule has 2 aromatic heterocycles. The summed E-state index contributed by atoms with van der Waals surface area (Å²) in [5.74, 6) is 0. The van der Waals surface area contributed by atoms with Crippen LogP contribution in [0.2, 0.25) is 0 Å². The molecule has 2 rings (SSSR count). The maximum atomic E-state index is 4.17. The highest BCUT2D eigenvalue weighted by molar-refractivity contribution is 9.08. The van der Waals surface area contributed by atoms with Crippen LogP contribution < -0.4 is 0 Å². The number of H-pyrrole nitrogens is 1. The third kappa shape index (κ3) is 1.05. The number of hydrogen-bond acceptors (Lipinski definition) is 1. The van der Waals surface area contributed by atoms with Crippen LogP contribution in [-0.2, 0) is 5.33 Å². The highest BCUT2D eigenvalue weighted by Crippen LogP contribution is 2.17. The van der Waals surface area contributed by atoms with E-state index in [0.717, 1.165) is 11.0 Å². The summed E-state index contributed by atoms with van der Waals surface area (Å²) in [6, 6.07) is 4.01. The second-order valence-corrected chi connectivity index (χ2v) is 2.91. The largest absolute Gasteiger partial charge is 0.346 e. The van der Waals surface area contributed by atoms with Gasteiger partial charge in [0.2, 0.25) is 0 Å². The lowest BCUT2D eigenvalue weighted by atomic mass is 10.2. The van der Waals surface area contributed by atoms with Crippen LogP contribution in [0.3, 0.4) is 0 Å². The van der Waals surface area contributed by atoms with Gasteiger partial charge in [0, 0.05) is 23.1 Å². The number of hydrogen-bond donors (Lipinski definition) is 1. The molecule has 0 atom stereocenters. The molecule has 0 saturated carbocycles. The Labute approximate surface area is 72.8 Å². The van der Waals surface area contributed by atoms with E-state index >= 15 is 0 Å². The van der Waals surface area contributed by atoms with Gasteiger partial charge in [-0.15, -0.1) is 0 Å². The fourth-order valence-corrected chi connectivity index (χ4v) is 1.59. The van der Waals surface area contributed by atoms with Gasteiger partial charge >= 0.3 is 0 Å². The van der Waals surface area contributed by atoms with Gasteiger partial charge in [-0.25, -0.2) is 4.98 Å². The highest BCUT2D eigenvalue weighted by Gasteiger charge is 2.00. The molecule has 2 heterocycles. The molecule has 0 aromatic carbocycles. The van der Waals surface area contributed by atoms with Gasteiger partial charge in [0.15, 0.2) is 0 Å². The van der Waals surface area contributed by atoms with Crippen molar-refractivity contribution in [1.82, 2.24) is 9.97 Å². The highest BCUT2D eigenvalue weighted by atomic mass is 79.9. The number of pyridine rings is 1. The molecular formula is C8H7BrN2. The molecule has 0 saturated heterocycles. The number of alkyl halides is 1. The Bertz CT molecular complexity index is 367. The van der Waals surface area contributed by atoms with Crippen molar-refractivity contribution >= 4 is 27.0 Å². The molecule has 2 aromatic rings. The Morgan fingerprint density at radius 3 is 3.27 bits per heavy atom. The van der Waals surface area contributed by atoms with E-state index in [1.54, 1.807) is 6.20 Å². The van der Waals surface area contributed by atoms with E-state index in [1.165, 1.54) is 10.9 Å². The van der Waals surface area contributed by atoms with E-state index in [0.29, 0.717) is 0 Å². The average molecular weight is 211 g/mol. The minimum atomic E-state index is 0.874. The Morgan fingerprint density at radius 1 is 1.55 bits per heavy atom. The summed E-state index contributed by atoms with van der Waals surface area (Å²) in [6.07, 6.45) is 3.77. The first-order valence-electron chi connectivity index (χ1n) is 3.39. The maximum absolute atomic E-state index is 4.17. The Kier molecular flexibility index (Phi) is 1.66. The normalized spacial score (nSPS) is 10.6. The maximum Gasteiger partial charge on any atom is 0.137 e. The summed E-state index contributed by atoms with van der Waals surface area (Å²) in [6.45, 7) is 0. The SMILES string of the molecule is BrCc1c[nH]c2ncccc12. The number of nitrogens with zero attached hydrogens (tertiary/aromatic N) is 1. The van der Waals surface area contributed by atoms with Crippen molar-refractivity contribution < 1.29 is 0 Å². The van der Waals surface area contributed by atoms with Crippen molar-refractivity contribution in [2.45, 2.75) is 5.33 Å². The van der Waals surface area contributed by atoms with Crippen molar-refractivity contribution in [3.63, 3.8) is 0 Å². The topological polar surface area (TPSA) is 28.7 Å². The number of halogens is 1. The van der Waals surface area contributed by atoms with Crippen molar-refractivity contribution in [3.8, 4) is 0 Å². The molecule has 1 N–H and O–H groups in total. The van der Waals surface area contributed by atoms with Gasteiger partial charge in [0.05, 0.1) is 0 Å². The summed E-state index contributed by atoms with van der Waals surface area (Å²) in [5.41, 5.74) is 2.22. The first kappa shape index (κ1) is 6.85. The summed E-state index contributed by atoms with van der Waals surface area (Å²) >= 11 is 3.41. The monoisotopic (exact) mass is 210 g/mol. The summed E-state index contributed by atoms with van der Waals surface area (Å²) in [4.78, 5) is 7.27. The van der Waals surface area contributed by atoms with E-state index < -0.39 is 0 Å². The minimum Gasteiger partial charge on any atom is -0.346 e. The molecule has 0 amide bonds. The Balaban J connectivity index is 2.76. The molecule has 11 heavy (non-hydrogen) atoms. The van der Waals surface area contributed by atoms with Crippen LogP contribution in [0.5, 0.6) is 0 Å². The van der Waals surface area contributed by atoms with Crippen LogP contribution >= 0.6 is 15.9 Å². The number of rotatable bonds is 1. The summed E-state index contributed by atoms with van der Waals surface area (Å²) in [7, 11) is 0. The molecule has 3 heteroatoms. The predicted molar refractivity (Wildman–Crippen MR) is 48.7 cm³/mol.